The minimum absolute atomic E-state index is 0.122. The molecule has 0 aliphatic heterocycles. The normalized spacial score (nSPS) is 10.3. The van der Waals surface area contributed by atoms with Crippen LogP contribution in [0, 0.1) is 24.0 Å². The molecule has 10 heteroatoms. The molecule has 1 heterocycles. The summed E-state index contributed by atoms with van der Waals surface area (Å²) in [4.78, 5) is 36.4. The standard InChI is InChI=1S/C15H16N4O6/c1-9-5-11(25-8-15(21)22)3-4-12(9)17-14(20)7-18-6-13(19(23)24)16-10(18)2/h3-6H,7-8H2,1-2H3,(H,17,20)(H,21,22). The number of carbonyl (C=O) groups excluding carboxylic acids is 1. The number of aliphatic carboxylic acids is 1. The molecule has 2 aromatic rings. The number of ether oxygens (including phenoxy) is 1. The lowest BCUT2D eigenvalue weighted by Crippen LogP contribution is -2.19. The highest BCUT2D eigenvalue weighted by Gasteiger charge is 2.17. The summed E-state index contributed by atoms with van der Waals surface area (Å²) in [7, 11) is 0. The van der Waals surface area contributed by atoms with E-state index in [9.17, 15) is 19.7 Å². The summed E-state index contributed by atoms with van der Waals surface area (Å²) < 4.78 is 6.44. The van der Waals surface area contributed by atoms with Gasteiger partial charge in [0.2, 0.25) is 11.7 Å². The fourth-order valence-corrected chi connectivity index (χ4v) is 2.10. The number of benzene rings is 1. The quantitative estimate of drug-likeness (QED) is 0.571. The van der Waals surface area contributed by atoms with Crippen molar-refractivity contribution >= 4 is 23.4 Å². The Hall–Kier alpha value is -3.43. The summed E-state index contributed by atoms with van der Waals surface area (Å²) in [6.45, 7) is 2.73. The highest BCUT2D eigenvalue weighted by molar-refractivity contribution is 5.91. The topological polar surface area (TPSA) is 137 Å². The molecule has 2 rings (SSSR count). The molecule has 10 nitrogen and oxygen atoms in total. The lowest BCUT2D eigenvalue weighted by atomic mass is 10.2. The van der Waals surface area contributed by atoms with E-state index in [1.165, 1.54) is 10.8 Å². The van der Waals surface area contributed by atoms with Gasteiger partial charge in [0.25, 0.3) is 0 Å². The Morgan fingerprint density at radius 1 is 1.40 bits per heavy atom. The molecule has 0 fully saturated rings. The van der Waals surface area contributed by atoms with Gasteiger partial charge in [0.1, 0.15) is 18.5 Å². The van der Waals surface area contributed by atoms with Gasteiger partial charge in [-0.2, -0.15) is 0 Å². The minimum atomic E-state index is -1.08. The van der Waals surface area contributed by atoms with Crippen molar-refractivity contribution < 1.29 is 24.4 Å². The summed E-state index contributed by atoms with van der Waals surface area (Å²) in [5.41, 5.74) is 1.21. The third-order valence-electron chi connectivity index (χ3n) is 3.30. The average molecular weight is 348 g/mol. The van der Waals surface area contributed by atoms with Gasteiger partial charge in [0, 0.05) is 12.6 Å². The van der Waals surface area contributed by atoms with Crippen molar-refractivity contribution in [2.45, 2.75) is 20.4 Å². The van der Waals surface area contributed by atoms with Crippen LogP contribution in [-0.2, 0) is 16.1 Å². The Kier molecular flexibility index (Phi) is 5.32. The molecule has 0 saturated heterocycles. The highest BCUT2D eigenvalue weighted by Crippen LogP contribution is 2.21. The number of nitrogens with zero attached hydrogens (tertiary/aromatic N) is 3. The first-order valence-electron chi connectivity index (χ1n) is 7.19. The van der Waals surface area contributed by atoms with Gasteiger partial charge in [0.15, 0.2) is 6.61 Å². The number of hydrogen-bond donors (Lipinski definition) is 2. The van der Waals surface area contributed by atoms with Gasteiger partial charge >= 0.3 is 11.8 Å². The average Bonchev–Trinajstić information content (AvgIpc) is 2.89. The second kappa shape index (κ2) is 7.43. The van der Waals surface area contributed by atoms with Crippen molar-refractivity contribution in [1.82, 2.24) is 9.55 Å². The van der Waals surface area contributed by atoms with Crippen molar-refractivity contribution in [1.29, 1.82) is 0 Å². The number of hydrogen-bond acceptors (Lipinski definition) is 6. The van der Waals surface area contributed by atoms with Crippen LogP contribution in [0.1, 0.15) is 11.4 Å². The van der Waals surface area contributed by atoms with Gasteiger partial charge in [-0.05, 0) is 40.6 Å². The zero-order chi connectivity index (χ0) is 18.6. The zero-order valence-electron chi connectivity index (χ0n) is 13.6. The number of anilines is 1. The van der Waals surface area contributed by atoms with E-state index in [1.54, 1.807) is 32.0 Å². The highest BCUT2D eigenvalue weighted by atomic mass is 16.6. The summed E-state index contributed by atoms with van der Waals surface area (Å²) in [6, 6.07) is 4.73. The molecule has 0 bridgehead atoms. The Bertz CT molecular complexity index is 829. The Morgan fingerprint density at radius 3 is 2.68 bits per heavy atom. The second-order valence-corrected chi connectivity index (χ2v) is 5.24. The number of carboxylic acid groups (broad SMARTS) is 1. The maximum absolute atomic E-state index is 12.1. The van der Waals surface area contributed by atoms with Crippen LogP contribution in [-0.4, -0.2) is 38.1 Å². The number of imidazole rings is 1. The molecule has 0 radical (unpaired) electrons. The van der Waals surface area contributed by atoms with E-state index >= 15 is 0 Å². The van der Waals surface area contributed by atoms with E-state index in [2.05, 4.69) is 10.3 Å². The molecule has 2 N–H and O–H groups in total. The number of carboxylic acids is 1. The van der Waals surface area contributed by atoms with E-state index in [0.29, 0.717) is 22.8 Å². The van der Waals surface area contributed by atoms with Gasteiger partial charge in [-0.1, -0.05) is 0 Å². The molecule has 0 aliphatic carbocycles. The van der Waals surface area contributed by atoms with Crippen LogP contribution in [0.25, 0.3) is 0 Å². The predicted octanol–water partition coefficient (Wildman–Crippen LogP) is 1.51. The van der Waals surface area contributed by atoms with Gasteiger partial charge < -0.3 is 25.3 Å². The van der Waals surface area contributed by atoms with E-state index in [4.69, 9.17) is 9.84 Å². The molecule has 1 aromatic heterocycles. The summed E-state index contributed by atoms with van der Waals surface area (Å²) in [5.74, 6) is -1.05. The fraction of sp³-hybridized carbons (Fsp3) is 0.267. The fourth-order valence-electron chi connectivity index (χ4n) is 2.10. The first kappa shape index (κ1) is 17.9. The molecule has 1 aromatic carbocycles. The van der Waals surface area contributed by atoms with E-state index < -0.39 is 17.5 Å². The van der Waals surface area contributed by atoms with Crippen molar-refractivity contribution in [3.8, 4) is 5.75 Å². The SMILES string of the molecule is Cc1cc(OCC(=O)O)ccc1NC(=O)Cn1cc([N+](=O)[O-])nc1C. The maximum Gasteiger partial charge on any atom is 0.381 e. The van der Waals surface area contributed by atoms with Gasteiger partial charge in [-0.15, -0.1) is 0 Å². The number of amides is 1. The predicted molar refractivity (Wildman–Crippen MR) is 86.6 cm³/mol. The Labute approximate surface area is 142 Å². The van der Waals surface area contributed by atoms with Crippen molar-refractivity contribution in [3.05, 3.63) is 45.9 Å². The molecular formula is C15H16N4O6. The van der Waals surface area contributed by atoms with Gasteiger partial charge in [-0.3, -0.25) is 9.36 Å². The van der Waals surface area contributed by atoms with Crippen molar-refractivity contribution in [3.63, 3.8) is 0 Å². The van der Waals surface area contributed by atoms with Crippen molar-refractivity contribution in [2.75, 3.05) is 11.9 Å². The van der Waals surface area contributed by atoms with Crippen LogP contribution < -0.4 is 10.1 Å². The first-order chi connectivity index (χ1) is 11.8. The number of carbonyl (C=O) groups is 2. The van der Waals surface area contributed by atoms with Crippen LogP contribution in [0.2, 0.25) is 0 Å². The number of nitro groups is 1. The molecule has 0 saturated carbocycles. The van der Waals surface area contributed by atoms with Crippen molar-refractivity contribution in [2.24, 2.45) is 0 Å². The summed E-state index contributed by atoms with van der Waals surface area (Å²) in [6.07, 6.45) is 1.20. The third kappa shape index (κ3) is 4.77. The molecule has 0 unspecified atom stereocenters. The lowest BCUT2D eigenvalue weighted by molar-refractivity contribution is -0.389. The lowest BCUT2D eigenvalue weighted by Gasteiger charge is -2.11. The molecule has 132 valence electrons. The van der Waals surface area contributed by atoms with Gasteiger partial charge in [0.05, 0.1) is 0 Å². The Balaban J connectivity index is 2.03. The number of nitrogens with one attached hydrogen (secondary N) is 1. The van der Waals surface area contributed by atoms with Crippen LogP contribution in [0.15, 0.2) is 24.4 Å². The zero-order valence-corrected chi connectivity index (χ0v) is 13.6. The second-order valence-electron chi connectivity index (χ2n) is 5.24. The monoisotopic (exact) mass is 348 g/mol. The van der Waals surface area contributed by atoms with Crippen LogP contribution >= 0.6 is 0 Å². The first-order valence-corrected chi connectivity index (χ1v) is 7.19. The molecule has 1 amide bonds. The smallest absolute Gasteiger partial charge is 0.381 e. The number of aryl methyl sites for hydroxylation is 2. The number of aromatic nitrogens is 2. The molecule has 0 atom stereocenters. The van der Waals surface area contributed by atoms with Crippen LogP contribution in [0.5, 0.6) is 5.75 Å². The maximum atomic E-state index is 12.1. The van der Waals surface area contributed by atoms with Crippen LogP contribution in [0.3, 0.4) is 0 Å². The largest absolute Gasteiger partial charge is 0.482 e. The Morgan fingerprint density at radius 2 is 2.12 bits per heavy atom. The molecule has 0 spiro atoms. The molecular weight excluding hydrogens is 332 g/mol. The van der Waals surface area contributed by atoms with Gasteiger partial charge in [-0.25, -0.2) is 4.79 Å². The summed E-state index contributed by atoms with van der Waals surface area (Å²) in [5, 5.41) is 22.0. The summed E-state index contributed by atoms with van der Waals surface area (Å²) >= 11 is 0. The molecule has 0 aliphatic rings. The number of rotatable bonds is 7. The van der Waals surface area contributed by atoms with Crippen LogP contribution in [0.4, 0.5) is 11.5 Å². The molecule has 25 heavy (non-hydrogen) atoms. The van der Waals surface area contributed by atoms with E-state index in [-0.39, 0.29) is 18.3 Å². The third-order valence-corrected chi connectivity index (χ3v) is 3.30. The van der Waals surface area contributed by atoms with E-state index in [0.717, 1.165) is 0 Å². The minimum Gasteiger partial charge on any atom is -0.482 e. The van der Waals surface area contributed by atoms with E-state index in [1.807, 2.05) is 0 Å².